The number of rotatable bonds is 5. The zero-order valence-corrected chi connectivity index (χ0v) is 14.4. The van der Waals surface area contributed by atoms with Crippen LogP contribution in [0.1, 0.15) is 30.6 Å². The Kier molecular flexibility index (Phi) is 4.43. The van der Waals surface area contributed by atoms with Gasteiger partial charge in [-0.15, -0.1) is 11.3 Å². The van der Waals surface area contributed by atoms with E-state index >= 15 is 0 Å². The molecule has 5 heteroatoms. The second kappa shape index (κ2) is 6.54. The van der Waals surface area contributed by atoms with E-state index in [0.717, 1.165) is 58.2 Å². The van der Waals surface area contributed by atoms with Crippen molar-refractivity contribution in [3.63, 3.8) is 0 Å². The third kappa shape index (κ3) is 3.47. The fraction of sp³-hybridized carbons (Fsp3) is 0.722. The van der Waals surface area contributed by atoms with Crippen molar-refractivity contribution in [3.8, 4) is 0 Å². The lowest BCUT2D eigenvalue weighted by Crippen LogP contribution is -2.44. The van der Waals surface area contributed by atoms with Gasteiger partial charge in [0.25, 0.3) is 0 Å². The number of amides is 1. The Balaban J connectivity index is 1.45. The summed E-state index contributed by atoms with van der Waals surface area (Å²) in [6.45, 7) is 5.40. The van der Waals surface area contributed by atoms with Gasteiger partial charge in [0.2, 0.25) is 5.91 Å². The molecule has 3 fully saturated rings. The minimum atomic E-state index is 0.128. The Morgan fingerprint density at radius 2 is 2.22 bits per heavy atom. The van der Waals surface area contributed by atoms with Gasteiger partial charge < -0.3 is 10.1 Å². The summed E-state index contributed by atoms with van der Waals surface area (Å²) in [4.78, 5) is 16.7. The second-order valence-corrected chi connectivity index (χ2v) is 8.50. The van der Waals surface area contributed by atoms with Crippen LogP contribution in [0.15, 0.2) is 17.5 Å². The molecule has 1 atom stereocenters. The van der Waals surface area contributed by atoms with Crippen LogP contribution in [0.2, 0.25) is 0 Å². The molecule has 1 spiro atoms. The number of likely N-dealkylation sites (tertiary alicyclic amines) is 1. The molecule has 4 nitrogen and oxygen atoms in total. The van der Waals surface area contributed by atoms with E-state index in [-0.39, 0.29) is 17.2 Å². The number of nitrogens with one attached hydrogen (secondary N) is 1. The Labute approximate surface area is 142 Å². The predicted octanol–water partition coefficient (Wildman–Crippen LogP) is 2.50. The van der Waals surface area contributed by atoms with Crippen molar-refractivity contribution in [2.45, 2.75) is 32.2 Å². The molecule has 1 saturated carbocycles. The molecule has 4 rings (SSSR count). The number of hydrogen-bond acceptors (Lipinski definition) is 4. The first-order chi connectivity index (χ1) is 11.3. The summed E-state index contributed by atoms with van der Waals surface area (Å²) in [7, 11) is 0. The summed E-state index contributed by atoms with van der Waals surface area (Å²) in [5, 5.41) is 5.37. The maximum Gasteiger partial charge on any atom is 0.225 e. The van der Waals surface area contributed by atoms with Gasteiger partial charge in [0.05, 0.1) is 5.92 Å². The zero-order valence-electron chi connectivity index (χ0n) is 13.6. The number of carbonyl (C=O) groups is 1. The average molecular weight is 334 g/mol. The van der Waals surface area contributed by atoms with E-state index < -0.39 is 0 Å². The van der Waals surface area contributed by atoms with Gasteiger partial charge in [0.1, 0.15) is 0 Å². The predicted molar refractivity (Wildman–Crippen MR) is 91.3 cm³/mol. The molecule has 1 N–H and O–H groups in total. The lowest BCUT2D eigenvalue weighted by Gasteiger charge is -2.37. The van der Waals surface area contributed by atoms with Gasteiger partial charge in [-0.2, -0.15) is 0 Å². The molecule has 1 amide bonds. The number of carbonyl (C=O) groups excluding carboxylic acids is 1. The van der Waals surface area contributed by atoms with E-state index in [0.29, 0.717) is 0 Å². The fourth-order valence-corrected chi connectivity index (χ4v) is 4.90. The first kappa shape index (κ1) is 15.6. The maximum atomic E-state index is 12.8. The number of hydrogen-bond donors (Lipinski definition) is 1. The van der Waals surface area contributed by atoms with Gasteiger partial charge >= 0.3 is 0 Å². The first-order valence-corrected chi connectivity index (χ1v) is 9.73. The molecule has 0 unspecified atom stereocenters. The Morgan fingerprint density at radius 3 is 2.91 bits per heavy atom. The molecule has 3 aliphatic rings. The summed E-state index contributed by atoms with van der Waals surface area (Å²) in [6, 6.07) is 4.31. The van der Waals surface area contributed by atoms with Gasteiger partial charge in [0, 0.05) is 49.7 Å². The highest BCUT2D eigenvalue weighted by Crippen LogP contribution is 2.45. The molecule has 1 aliphatic carbocycles. The van der Waals surface area contributed by atoms with Crippen molar-refractivity contribution in [1.82, 2.24) is 10.2 Å². The monoisotopic (exact) mass is 334 g/mol. The highest BCUT2D eigenvalue weighted by atomic mass is 32.1. The summed E-state index contributed by atoms with van der Waals surface area (Å²) in [6.07, 6.45) is 4.62. The van der Waals surface area contributed by atoms with Crippen molar-refractivity contribution in [3.05, 3.63) is 22.4 Å². The van der Waals surface area contributed by atoms with Crippen molar-refractivity contribution in [2.75, 3.05) is 32.8 Å². The summed E-state index contributed by atoms with van der Waals surface area (Å²) < 4.78 is 5.59. The molecular weight excluding hydrogens is 308 g/mol. The normalized spacial score (nSPS) is 27.4. The summed E-state index contributed by atoms with van der Waals surface area (Å²) >= 11 is 1.81. The summed E-state index contributed by atoms with van der Waals surface area (Å²) in [5.41, 5.74) is 0.128. The van der Waals surface area contributed by atoms with Crippen LogP contribution >= 0.6 is 11.3 Å². The highest BCUT2D eigenvalue weighted by molar-refractivity contribution is 7.09. The molecular formula is C18H26N2O2S. The topological polar surface area (TPSA) is 41.6 Å². The molecule has 2 aliphatic heterocycles. The maximum absolute atomic E-state index is 12.8. The molecule has 0 radical (unpaired) electrons. The van der Waals surface area contributed by atoms with Crippen LogP contribution in [0.5, 0.6) is 0 Å². The SMILES string of the molecule is O=C(NCC1CC1)[C@H]1CN(Cc2cccs2)CC12CCOCC2. The molecule has 0 aromatic carbocycles. The fourth-order valence-electron chi connectivity index (χ4n) is 4.15. The van der Waals surface area contributed by atoms with Gasteiger partial charge in [0.15, 0.2) is 0 Å². The van der Waals surface area contributed by atoms with Crippen molar-refractivity contribution >= 4 is 17.2 Å². The number of nitrogens with zero attached hydrogens (tertiary/aromatic N) is 1. The molecule has 3 heterocycles. The van der Waals surface area contributed by atoms with E-state index in [2.05, 4.69) is 27.7 Å². The van der Waals surface area contributed by atoms with Gasteiger partial charge in [-0.25, -0.2) is 0 Å². The molecule has 1 aromatic heterocycles. The van der Waals surface area contributed by atoms with Crippen LogP contribution in [0, 0.1) is 17.3 Å². The van der Waals surface area contributed by atoms with Crippen LogP contribution in [0.3, 0.4) is 0 Å². The quantitative estimate of drug-likeness (QED) is 0.899. The standard InChI is InChI=1S/C18H26N2O2S/c21-17(19-10-14-3-4-14)16-12-20(11-15-2-1-9-23-15)13-18(16)5-7-22-8-6-18/h1-2,9,14,16H,3-8,10-13H2,(H,19,21)/t16-/m1/s1. The van der Waals surface area contributed by atoms with E-state index in [1.165, 1.54) is 17.7 Å². The smallest absolute Gasteiger partial charge is 0.225 e. The van der Waals surface area contributed by atoms with Crippen LogP contribution in [0.4, 0.5) is 0 Å². The first-order valence-electron chi connectivity index (χ1n) is 8.85. The molecule has 23 heavy (non-hydrogen) atoms. The van der Waals surface area contributed by atoms with Crippen LogP contribution < -0.4 is 5.32 Å². The molecule has 1 aromatic rings. The third-order valence-corrected chi connectivity index (χ3v) is 6.61. The Morgan fingerprint density at radius 1 is 1.39 bits per heavy atom. The van der Waals surface area contributed by atoms with Crippen LogP contribution in [0.25, 0.3) is 0 Å². The second-order valence-electron chi connectivity index (χ2n) is 7.46. The van der Waals surface area contributed by atoms with Gasteiger partial charge in [-0.1, -0.05) is 6.07 Å². The summed E-state index contributed by atoms with van der Waals surface area (Å²) in [5.74, 6) is 1.16. The van der Waals surface area contributed by atoms with Crippen LogP contribution in [-0.4, -0.2) is 43.7 Å². The highest BCUT2D eigenvalue weighted by Gasteiger charge is 2.50. The average Bonchev–Trinajstić information content (AvgIpc) is 3.14. The van der Waals surface area contributed by atoms with Gasteiger partial charge in [-0.05, 0) is 43.0 Å². The Hall–Kier alpha value is -0.910. The number of ether oxygens (including phenoxy) is 1. The van der Waals surface area contributed by atoms with Crippen molar-refractivity contribution < 1.29 is 9.53 Å². The van der Waals surface area contributed by atoms with E-state index in [4.69, 9.17) is 4.74 Å². The molecule has 2 saturated heterocycles. The lowest BCUT2D eigenvalue weighted by atomic mass is 9.71. The van der Waals surface area contributed by atoms with Crippen LogP contribution in [-0.2, 0) is 16.1 Å². The molecule has 126 valence electrons. The minimum absolute atomic E-state index is 0.128. The zero-order chi connectivity index (χ0) is 15.7. The minimum Gasteiger partial charge on any atom is -0.381 e. The largest absolute Gasteiger partial charge is 0.381 e. The van der Waals surface area contributed by atoms with E-state index in [1.807, 2.05) is 11.3 Å². The van der Waals surface area contributed by atoms with Gasteiger partial charge in [-0.3, -0.25) is 9.69 Å². The van der Waals surface area contributed by atoms with Crippen molar-refractivity contribution in [1.29, 1.82) is 0 Å². The van der Waals surface area contributed by atoms with E-state index in [9.17, 15) is 4.79 Å². The van der Waals surface area contributed by atoms with Crippen molar-refractivity contribution in [2.24, 2.45) is 17.3 Å². The molecule has 0 bridgehead atoms. The number of thiophene rings is 1. The lowest BCUT2D eigenvalue weighted by molar-refractivity contribution is -0.129. The Bertz CT molecular complexity index is 535. The van der Waals surface area contributed by atoms with E-state index in [1.54, 1.807) is 0 Å². The third-order valence-electron chi connectivity index (χ3n) is 5.74.